The SMILES string of the molecule is O=C(O)CC[P+](c1ccccc1)(c1ccccc1)c1ccccc1.[OH-]. The third-order valence-corrected chi connectivity index (χ3v) is 8.69. The van der Waals surface area contributed by atoms with Crippen molar-refractivity contribution in [3.05, 3.63) is 91.0 Å². The second-order valence-corrected chi connectivity index (χ2v) is 9.30. The zero-order valence-corrected chi connectivity index (χ0v) is 14.7. The molecule has 0 radical (unpaired) electrons. The summed E-state index contributed by atoms with van der Waals surface area (Å²) in [4.78, 5) is 11.4. The van der Waals surface area contributed by atoms with E-state index >= 15 is 0 Å². The van der Waals surface area contributed by atoms with Crippen molar-refractivity contribution in [1.82, 2.24) is 0 Å². The van der Waals surface area contributed by atoms with Crippen LogP contribution in [0.15, 0.2) is 91.0 Å². The smallest absolute Gasteiger partial charge is 0.307 e. The van der Waals surface area contributed by atoms with E-state index < -0.39 is 13.2 Å². The average Bonchev–Trinajstić information content (AvgIpc) is 2.65. The lowest BCUT2D eigenvalue weighted by Gasteiger charge is -2.27. The Hall–Kier alpha value is -2.48. The summed E-state index contributed by atoms with van der Waals surface area (Å²) in [6, 6.07) is 31.1. The monoisotopic (exact) mass is 352 g/mol. The molecule has 0 aromatic heterocycles. The Morgan fingerprint density at radius 2 is 1.00 bits per heavy atom. The summed E-state index contributed by atoms with van der Waals surface area (Å²) in [5.41, 5.74) is 0. The summed E-state index contributed by atoms with van der Waals surface area (Å²) >= 11 is 0. The Morgan fingerprint density at radius 1 is 0.680 bits per heavy atom. The van der Waals surface area contributed by atoms with Crippen molar-refractivity contribution in [2.24, 2.45) is 0 Å². The fraction of sp³-hybridized carbons (Fsp3) is 0.0952. The van der Waals surface area contributed by atoms with Crippen LogP contribution in [0.3, 0.4) is 0 Å². The van der Waals surface area contributed by atoms with Crippen molar-refractivity contribution in [3.63, 3.8) is 0 Å². The van der Waals surface area contributed by atoms with E-state index in [0.717, 1.165) is 0 Å². The molecule has 0 aliphatic heterocycles. The molecule has 25 heavy (non-hydrogen) atoms. The number of carboxylic acid groups (broad SMARTS) is 1. The predicted molar refractivity (Wildman–Crippen MR) is 104 cm³/mol. The highest BCUT2D eigenvalue weighted by atomic mass is 31.2. The molecule has 3 nitrogen and oxygen atoms in total. The quantitative estimate of drug-likeness (QED) is 0.692. The Labute approximate surface area is 148 Å². The molecular weight excluding hydrogens is 331 g/mol. The highest BCUT2D eigenvalue weighted by Gasteiger charge is 2.45. The molecule has 2 N–H and O–H groups in total. The van der Waals surface area contributed by atoms with Crippen molar-refractivity contribution in [2.75, 3.05) is 6.16 Å². The maximum Gasteiger partial charge on any atom is 0.307 e. The molecule has 0 saturated heterocycles. The largest absolute Gasteiger partial charge is 0.870 e. The normalized spacial score (nSPS) is 10.7. The van der Waals surface area contributed by atoms with Gasteiger partial charge in [0.15, 0.2) is 0 Å². The van der Waals surface area contributed by atoms with Crippen LogP contribution in [0.2, 0.25) is 0 Å². The number of carbonyl (C=O) groups is 1. The summed E-state index contributed by atoms with van der Waals surface area (Å²) in [6.45, 7) is 0. The van der Waals surface area contributed by atoms with Crippen LogP contribution in [0, 0.1) is 0 Å². The van der Waals surface area contributed by atoms with Gasteiger partial charge in [0.1, 0.15) is 23.2 Å². The second-order valence-electron chi connectivity index (χ2n) is 5.68. The molecule has 4 heteroatoms. The zero-order chi connectivity index (χ0) is 16.8. The van der Waals surface area contributed by atoms with Gasteiger partial charge in [0.2, 0.25) is 0 Å². The van der Waals surface area contributed by atoms with Gasteiger partial charge in [-0.05, 0) is 36.4 Å². The third-order valence-electron chi connectivity index (χ3n) is 4.25. The van der Waals surface area contributed by atoms with Gasteiger partial charge in [-0.3, -0.25) is 4.79 Å². The van der Waals surface area contributed by atoms with E-state index in [1.54, 1.807) is 0 Å². The van der Waals surface area contributed by atoms with Gasteiger partial charge in [-0.25, -0.2) is 0 Å². The molecule has 128 valence electrons. The van der Waals surface area contributed by atoms with Crippen LogP contribution in [0.25, 0.3) is 0 Å². The van der Waals surface area contributed by atoms with E-state index in [1.165, 1.54) is 15.9 Å². The molecule has 0 aliphatic rings. The number of hydrogen-bond acceptors (Lipinski definition) is 2. The molecule has 0 saturated carbocycles. The lowest BCUT2D eigenvalue weighted by Crippen LogP contribution is -2.34. The van der Waals surface area contributed by atoms with Crippen LogP contribution in [-0.2, 0) is 4.79 Å². The van der Waals surface area contributed by atoms with Crippen LogP contribution < -0.4 is 15.9 Å². The van der Waals surface area contributed by atoms with Crippen LogP contribution in [-0.4, -0.2) is 22.7 Å². The van der Waals surface area contributed by atoms with Gasteiger partial charge in [-0.1, -0.05) is 54.6 Å². The minimum Gasteiger partial charge on any atom is -0.870 e. The molecule has 3 aromatic rings. The van der Waals surface area contributed by atoms with E-state index in [2.05, 4.69) is 36.4 Å². The first-order chi connectivity index (χ1) is 11.7. The van der Waals surface area contributed by atoms with Crippen LogP contribution >= 0.6 is 7.26 Å². The lowest BCUT2D eigenvalue weighted by molar-refractivity contribution is -0.136. The summed E-state index contributed by atoms with van der Waals surface area (Å²) in [7, 11) is -1.99. The summed E-state index contributed by atoms with van der Waals surface area (Å²) < 4.78 is 0. The summed E-state index contributed by atoms with van der Waals surface area (Å²) in [6.07, 6.45) is 0.785. The first kappa shape index (κ1) is 18.9. The third kappa shape index (κ3) is 3.96. The van der Waals surface area contributed by atoms with Crippen molar-refractivity contribution < 1.29 is 15.4 Å². The number of carboxylic acids is 1. The van der Waals surface area contributed by atoms with E-state index in [9.17, 15) is 9.90 Å². The van der Waals surface area contributed by atoms with E-state index in [4.69, 9.17) is 0 Å². The minimum atomic E-state index is -1.99. The van der Waals surface area contributed by atoms with E-state index in [1.807, 2.05) is 54.6 Å². The average molecular weight is 352 g/mol. The van der Waals surface area contributed by atoms with E-state index in [-0.39, 0.29) is 11.9 Å². The first-order valence-electron chi connectivity index (χ1n) is 8.00. The van der Waals surface area contributed by atoms with Gasteiger partial charge >= 0.3 is 5.97 Å². The highest BCUT2D eigenvalue weighted by molar-refractivity contribution is 7.95. The zero-order valence-electron chi connectivity index (χ0n) is 13.8. The van der Waals surface area contributed by atoms with Crippen LogP contribution in [0.5, 0.6) is 0 Å². The van der Waals surface area contributed by atoms with Gasteiger partial charge in [-0.2, -0.15) is 0 Å². The molecule has 3 rings (SSSR count). The predicted octanol–water partition coefficient (Wildman–Crippen LogP) is 3.28. The van der Waals surface area contributed by atoms with Gasteiger partial charge in [-0.15, -0.1) is 0 Å². The summed E-state index contributed by atoms with van der Waals surface area (Å²) in [5, 5.41) is 13.0. The molecule has 0 bridgehead atoms. The van der Waals surface area contributed by atoms with Gasteiger partial charge in [0.05, 0.1) is 12.6 Å². The molecule has 0 spiro atoms. The Bertz CT molecular complexity index is 692. The molecular formula is C21H21O3P. The molecule has 0 aliphatic carbocycles. The second kappa shape index (κ2) is 8.57. The van der Waals surface area contributed by atoms with Crippen LogP contribution in [0.1, 0.15) is 6.42 Å². The maximum absolute atomic E-state index is 11.4. The molecule has 0 fully saturated rings. The number of rotatable bonds is 6. The van der Waals surface area contributed by atoms with Gasteiger partial charge in [0, 0.05) is 0 Å². The Morgan fingerprint density at radius 3 is 1.28 bits per heavy atom. The topological polar surface area (TPSA) is 67.3 Å². The van der Waals surface area contributed by atoms with Crippen molar-refractivity contribution in [3.8, 4) is 0 Å². The van der Waals surface area contributed by atoms with Crippen molar-refractivity contribution in [2.45, 2.75) is 6.42 Å². The molecule has 0 heterocycles. The van der Waals surface area contributed by atoms with Crippen molar-refractivity contribution >= 4 is 29.1 Å². The fourth-order valence-corrected chi connectivity index (χ4v) is 7.38. The molecule has 0 unspecified atom stereocenters. The Balaban J connectivity index is 0.00000225. The summed E-state index contributed by atoms with van der Waals surface area (Å²) in [5.74, 6) is -0.748. The maximum atomic E-state index is 11.4. The Kier molecular flexibility index (Phi) is 6.46. The highest BCUT2D eigenvalue weighted by Crippen LogP contribution is 2.55. The standard InChI is InChI=1S/C21H19O2P.H2O/c22-21(23)16-17-24(18-10-4-1-5-11-18,19-12-6-2-7-13-19)20-14-8-3-9-15-20;/h1-15H,16-17H2;1H2. The van der Waals surface area contributed by atoms with E-state index in [0.29, 0.717) is 6.16 Å². The fourth-order valence-electron chi connectivity index (χ4n) is 3.15. The molecule has 3 aromatic carbocycles. The van der Waals surface area contributed by atoms with Crippen molar-refractivity contribution in [1.29, 1.82) is 0 Å². The molecule has 0 atom stereocenters. The van der Waals surface area contributed by atoms with Gasteiger partial charge < -0.3 is 10.6 Å². The number of benzene rings is 3. The van der Waals surface area contributed by atoms with Gasteiger partial charge in [0.25, 0.3) is 0 Å². The first-order valence-corrected chi connectivity index (χ1v) is 9.97. The lowest BCUT2D eigenvalue weighted by atomic mass is 10.4. The number of hydrogen-bond donors (Lipinski definition) is 1. The van der Waals surface area contributed by atoms with Crippen LogP contribution in [0.4, 0.5) is 0 Å². The minimum absolute atomic E-state index is 0. The molecule has 0 amide bonds. The number of aliphatic carboxylic acids is 1.